The predicted octanol–water partition coefficient (Wildman–Crippen LogP) is -0.264. The van der Waals surface area contributed by atoms with Crippen LogP contribution in [0.2, 0.25) is 0 Å². The topological polar surface area (TPSA) is 52.5 Å². The van der Waals surface area contributed by atoms with Crippen LogP contribution >= 0.6 is 0 Å². The highest BCUT2D eigenvalue weighted by Gasteiger charge is 1.97. The highest BCUT2D eigenvalue weighted by Crippen LogP contribution is 1.83. The normalized spacial score (nSPS) is 14.1. The Balaban J connectivity index is 2.99. The van der Waals surface area contributed by atoms with Crippen molar-refractivity contribution in [3.05, 3.63) is 0 Å². The van der Waals surface area contributed by atoms with Crippen LogP contribution in [0.3, 0.4) is 0 Å². The van der Waals surface area contributed by atoms with Crippen molar-refractivity contribution >= 4 is 0 Å². The van der Waals surface area contributed by atoms with Gasteiger partial charge in [0.05, 0.1) is 12.6 Å². The molecule has 0 aromatic rings. The average molecular weight is 105 g/mol. The van der Waals surface area contributed by atoms with Gasteiger partial charge in [-0.05, 0) is 6.42 Å². The van der Waals surface area contributed by atoms with Crippen LogP contribution in [-0.2, 0) is 0 Å². The molecule has 0 saturated heterocycles. The number of hydrogen-bond acceptors (Lipinski definition) is 3. The third kappa shape index (κ3) is 2.56. The maximum absolute atomic E-state index is 8.30. The van der Waals surface area contributed by atoms with Crippen LogP contribution in [0.25, 0.3) is 0 Å². The van der Waals surface area contributed by atoms with E-state index in [1.54, 1.807) is 0 Å². The van der Waals surface area contributed by atoms with Crippen molar-refractivity contribution in [2.24, 2.45) is 0 Å². The lowest BCUT2D eigenvalue weighted by Crippen LogP contribution is -2.28. The van der Waals surface area contributed by atoms with Crippen LogP contribution in [0.5, 0.6) is 0 Å². The lowest BCUT2D eigenvalue weighted by atomic mass is 10.3. The van der Waals surface area contributed by atoms with Gasteiger partial charge in [-0.2, -0.15) is 0 Å². The van der Waals surface area contributed by atoms with Crippen molar-refractivity contribution in [3.63, 3.8) is 0 Å². The second kappa shape index (κ2) is 4.05. The van der Waals surface area contributed by atoms with Crippen LogP contribution in [-0.4, -0.2) is 23.0 Å². The van der Waals surface area contributed by atoms with Crippen molar-refractivity contribution in [2.45, 2.75) is 19.4 Å². The van der Waals surface area contributed by atoms with E-state index >= 15 is 0 Å². The highest BCUT2D eigenvalue weighted by atomic mass is 16.5. The Morgan fingerprint density at radius 1 is 1.71 bits per heavy atom. The van der Waals surface area contributed by atoms with Crippen molar-refractivity contribution in [3.8, 4) is 0 Å². The smallest absolute Gasteiger partial charge is 0.0607 e. The number of nitrogens with one attached hydrogen (secondary N) is 1. The zero-order valence-electron chi connectivity index (χ0n) is 4.39. The molecule has 0 bridgehead atoms. The molecule has 0 aliphatic rings. The van der Waals surface area contributed by atoms with Gasteiger partial charge in [0, 0.05) is 0 Å². The lowest BCUT2D eigenvalue weighted by molar-refractivity contribution is 0.0887. The van der Waals surface area contributed by atoms with Gasteiger partial charge in [-0.25, -0.2) is 5.48 Å². The van der Waals surface area contributed by atoms with E-state index in [1.807, 2.05) is 12.4 Å². The monoisotopic (exact) mass is 105 g/mol. The summed E-state index contributed by atoms with van der Waals surface area (Å²) < 4.78 is 0. The number of aliphatic hydroxyl groups excluding tert-OH is 1. The molecule has 0 saturated carbocycles. The zero-order valence-corrected chi connectivity index (χ0v) is 4.39. The Kier molecular flexibility index (Phi) is 3.98. The summed E-state index contributed by atoms with van der Waals surface area (Å²) in [7, 11) is 0. The van der Waals surface area contributed by atoms with Crippen LogP contribution < -0.4 is 5.48 Å². The molecular weight excluding hydrogens is 94.0 g/mol. The highest BCUT2D eigenvalue weighted by molar-refractivity contribution is 4.53. The number of aliphatic hydroxyl groups is 1. The molecule has 0 aliphatic carbocycles. The van der Waals surface area contributed by atoms with Gasteiger partial charge in [-0.1, -0.05) is 6.92 Å². The molecule has 0 amide bonds. The average Bonchev–Trinajstić information content (AvgIpc) is 1.72. The fraction of sp³-hybridized carbons (Fsp3) is 1.00. The van der Waals surface area contributed by atoms with E-state index in [1.165, 1.54) is 0 Å². The molecule has 0 aliphatic heterocycles. The maximum Gasteiger partial charge on any atom is 0.0607 e. The van der Waals surface area contributed by atoms with Crippen molar-refractivity contribution in [2.75, 3.05) is 6.61 Å². The number of hydrogen-bond donors (Lipinski definition) is 3. The third-order valence-corrected chi connectivity index (χ3v) is 0.896. The largest absolute Gasteiger partial charge is 0.395 e. The maximum atomic E-state index is 8.30. The van der Waals surface area contributed by atoms with E-state index < -0.39 is 0 Å². The van der Waals surface area contributed by atoms with E-state index in [-0.39, 0.29) is 12.6 Å². The minimum Gasteiger partial charge on any atom is -0.395 e. The summed E-state index contributed by atoms with van der Waals surface area (Å²) in [6.45, 7) is 1.87. The third-order valence-electron chi connectivity index (χ3n) is 0.896. The fourth-order valence-electron chi connectivity index (χ4n) is 0.261. The Labute approximate surface area is 42.9 Å². The summed E-state index contributed by atoms with van der Waals surface area (Å²) in [5.41, 5.74) is 1.95. The molecule has 44 valence electrons. The molecule has 1 atom stereocenters. The molecule has 3 N–H and O–H groups in total. The molecule has 0 radical (unpaired) electrons. The van der Waals surface area contributed by atoms with Gasteiger partial charge in [-0.3, -0.25) is 0 Å². The van der Waals surface area contributed by atoms with Crippen molar-refractivity contribution < 1.29 is 10.3 Å². The van der Waals surface area contributed by atoms with Gasteiger partial charge in [0.1, 0.15) is 0 Å². The summed E-state index contributed by atoms with van der Waals surface area (Å²) in [6.07, 6.45) is 0.743. The van der Waals surface area contributed by atoms with Gasteiger partial charge in [-0.15, -0.1) is 0 Å². The fourth-order valence-corrected chi connectivity index (χ4v) is 0.261. The first-order valence-electron chi connectivity index (χ1n) is 2.35. The second-order valence-corrected chi connectivity index (χ2v) is 1.42. The first kappa shape index (κ1) is 6.88. The summed E-state index contributed by atoms with van der Waals surface area (Å²) in [5, 5.41) is 16.4. The molecule has 3 nitrogen and oxygen atoms in total. The lowest BCUT2D eigenvalue weighted by Gasteiger charge is -2.05. The summed E-state index contributed by atoms with van der Waals surface area (Å²) in [5.74, 6) is 0. The first-order chi connectivity index (χ1) is 3.35. The molecule has 0 aromatic heterocycles. The van der Waals surface area contributed by atoms with Gasteiger partial charge in [0.15, 0.2) is 0 Å². The molecule has 0 rings (SSSR count). The predicted molar refractivity (Wildman–Crippen MR) is 26.1 cm³/mol. The number of hydroxylamine groups is 1. The minimum absolute atomic E-state index is 0.00694. The molecule has 3 heteroatoms. The van der Waals surface area contributed by atoms with Crippen LogP contribution in [0.1, 0.15) is 13.3 Å². The summed E-state index contributed by atoms with van der Waals surface area (Å²) in [6, 6.07) is -0.153. The molecular formula is C4H11NO2. The summed E-state index contributed by atoms with van der Waals surface area (Å²) >= 11 is 0. The molecule has 0 unspecified atom stereocenters. The molecule has 0 heterocycles. The second-order valence-electron chi connectivity index (χ2n) is 1.42. The van der Waals surface area contributed by atoms with Crippen molar-refractivity contribution in [1.82, 2.24) is 5.48 Å². The molecule has 0 fully saturated rings. The van der Waals surface area contributed by atoms with E-state index in [2.05, 4.69) is 0 Å². The van der Waals surface area contributed by atoms with Gasteiger partial charge < -0.3 is 10.3 Å². The Morgan fingerprint density at radius 3 is 2.29 bits per heavy atom. The summed E-state index contributed by atoms with van der Waals surface area (Å²) in [4.78, 5) is 0. The Morgan fingerprint density at radius 2 is 2.29 bits per heavy atom. The molecule has 0 aromatic carbocycles. The van der Waals surface area contributed by atoms with Crippen LogP contribution in [0.4, 0.5) is 0 Å². The SMILES string of the molecule is CC[C@H](CO)NO. The number of rotatable bonds is 3. The first-order valence-corrected chi connectivity index (χ1v) is 2.35. The van der Waals surface area contributed by atoms with Crippen LogP contribution in [0.15, 0.2) is 0 Å². The molecule has 0 spiro atoms. The standard InChI is InChI=1S/C4H11NO2/c1-2-4(3-6)5-7/h4-7H,2-3H2,1H3/t4-/m1/s1. The van der Waals surface area contributed by atoms with Gasteiger partial charge in [0.2, 0.25) is 0 Å². The van der Waals surface area contributed by atoms with E-state index in [0.29, 0.717) is 0 Å². The van der Waals surface area contributed by atoms with Gasteiger partial charge >= 0.3 is 0 Å². The van der Waals surface area contributed by atoms with E-state index in [0.717, 1.165) is 6.42 Å². The van der Waals surface area contributed by atoms with Crippen LogP contribution in [0, 0.1) is 0 Å². The van der Waals surface area contributed by atoms with Gasteiger partial charge in [0.25, 0.3) is 0 Å². The molecule has 7 heavy (non-hydrogen) atoms. The van der Waals surface area contributed by atoms with E-state index in [4.69, 9.17) is 10.3 Å². The zero-order chi connectivity index (χ0) is 5.70. The Bertz CT molecular complexity index is 31.2. The van der Waals surface area contributed by atoms with E-state index in [9.17, 15) is 0 Å². The quantitative estimate of drug-likeness (QED) is 0.433. The minimum atomic E-state index is -0.153. The van der Waals surface area contributed by atoms with Crippen molar-refractivity contribution in [1.29, 1.82) is 0 Å². The Hall–Kier alpha value is -0.120.